The van der Waals surface area contributed by atoms with Crippen LogP contribution in [0.5, 0.6) is 5.75 Å². The van der Waals surface area contributed by atoms with E-state index in [4.69, 9.17) is 10.8 Å². The van der Waals surface area contributed by atoms with Gasteiger partial charge in [0.15, 0.2) is 0 Å². The van der Waals surface area contributed by atoms with Crippen molar-refractivity contribution < 1.29 is 39.3 Å². The van der Waals surface area contributed by atoms with Crippen LogP contribution in [0.4, 0.5) is 0 Å². The Morgan fingerprint density at radius 3 is 2.10 bits per heavy atom. The SMILES string of the molecule is CC(N)C(=O)NC(CCC(=O)O)C(=O)NCC(=O)NC(Cc1ccc(O)cc1)C(=O)O. The predicted molar refractivity (Wildman–Crippen MR) is 107 cm³/mol. The number of phenols is 1. The molecular formula is C19H26N4O8. The molecule has 8 N–H and O–H groups in total. The number of benzene rings is 1. The molecule has 170 valence electrons. The highest BCUT2D eigenvalue weighted by Gasteiger charge is 2.25. The zero-order valence-corrected chi connectivity index (χ0v) is 16.8. The van der Waals surface area contributed by atoms with Gasteiger partial charge in [-0.05, 0) is 31.0 Å². The van der Waals surface area contributed by atoms with Crippen LogP contribution < -0.4 is 21.7 Å². The Kier molecular flexibility index (Phi) is 9.92. The number of nitrogens with two attached hydrogens (primary N) is 1. The zero-order valence-electron chi connectivity index (χ0n) is 16.8. The van der Waals surface area contributed by atoms with E-state index in [0.29, 0.717) is 5.56 Å². The summed E-state index contributed by atoms with van der Waals surface area (Å²) in [6.07, 6.45) is -0.682. The molecular weight excluding hydrogens is 412 g/mol. The van der Waals surface area contributed by atoms with E-state index in [-0.39, 0.29) is 18.6 Å². The minimum Gasteiger partial charge on any atom is -0.508 e. The summed E-state index contributed by atoms with van der Waals surface area (Å²) < 4.78 is 0. The number of carboxylic acids is 2. The van der Waals surface area contributed by atoms with Crippen molar-refractivity contribution in [2.24, 2.45) is 5.73 Å². The number of aliphatic carboxylic acids is 2. The van der Waals surface area contributed by atoms with E-state index in [0.717, 1.165) is 0 Å². The van der Waals surface area contributed by atoms with E-state index in [1.54, 1.807) is 0 Å². The average Bonchev–Trinajstić information content (AvgIpc) is 2.69. The summed E-state index contributed by atoms with van der Waals surface area (Å²) in [6.45, 7) is 0.797. The summed E-state index contributed by atoms with van der Waals surface area (Å²) in [5, 5.41) is 34.2. The summed E-state index contributed by atoms with van der Waals surface area (Å²) in [6, 6.07) is 2.33. The van der Waals surface area contributed by atoms with Gasteiger partial charge in [0.25, 0.3) is 0 Å². The summed E-state index contributed by atoms with van der Waals surface area (Å²) >= 11 is 0. The Morgan fingerprint density at radius 2 is 1.58 bits per heavy atom. The maximum absolute atomic E-state index is 12.3. The van der Waals surface area contributed by atoms with Gasteiger partial charge < -0.3 is 37.0 Å². The van der Waals surface area contributed by atoms with E-state index in [1.165, 1.54) is 31.2 Å². The van der Waals surface area contributed by atoms with Gasteiger partial charge in [0.1, 0.15) is 17.8 Å². The molecule has 3 atom stereocenters. The molecule has 31 heavy (non-hydrogen) atoms. The lowest BCUT2D eigenvalue weighted by Gasteiger charge is -2.19. The smallest absolute Gasteiger partial charge is 0.326 e. The number of rotatable bonds is 12. The fourth-order valence-corrected chi connectivity index (χ4v) is 2.44. The standard InChI is InChI=1S/C19H26N4O8/c1-10(20)17(28)23-13(6-7-16(26)27)18(29)21-9-15(25)22-14(19(30)31)8-11-2-4-12(24)5-3-11/h2-5,10,13-14,24H,6-9,20H2,1H3,(H,21,29)(H,22,25)(H,23,28)(H,26,27)(H,30,31). The van der Waals surface area contributed by atoms with E-state index >= 15 is 0 Å². The van der Waals surface area contributed by atoms with Crippen LogP contribution in [0.1, 0.15) is 25.3 Å². The van der Waals surface area contributed by atoms with Crippen molar-refractivity contribution in [1.29, 1.82) is 0 Å². The fourth-order valence-electron chi connectivity index (χ4n) is 2.44. The third-order valence-corrected chi connectivity index (χ3v) is 4.13. The van der Waals surface area contributed by atoms with Gasteiger partial charge in [-0.15, -0.1) is 0 Å². The highest BCUT2D eigenvalue weighted by atomic mass is 16.4. The number of phenolic OH excluding ortho intramolecular Hbond substituents is 1. The molecule has 1 rings (SSSR count). The number of carbonyl (C=O) groups excluding carboxylic acids is 3. The van der Waals surface area contributed by atoms with Crippen molar-refractivity contribution in [2.45, 2.75) is 44.3 Å². The number of hydrogen-bond donors (Lipinski definition) is 7. The summed E-state index contributed by atoms with van der Waals surface area (Å²) in [4.78, 5) is 58.3. The molecule has 1 aromatic rings. The molecule has 0 saturated heterocycles. The Bertz CT molecular complexity index is 810. The van der Waals surface area contributed by atoms with Gasteiger partial charge in [0, 0.05) is 12.8 Å². The van der Waals surface area contributed by atoms with Crippen molar-refractivity contribution in [2.75, 3.05) is 6.54 Å². The molecule has 0 radical (unpaired) electrons. The van der Waals surface area contributed by atoms with Gasteiger partial charge in [-0.3, -0.25) is 19.2 Å². The van der Waals surface area contributed by atoms with E-state index in [9.17, 15) is 34.2 Å². The van der Waals surface area contributed by atoms with Crippen molar-refractivity contribution >= 4 is 29.7 Å². The monoisotopic (exact) mass is 438 g/mol. The predicted octanol–water partition coefficient (Wildman–Crippen LogP) is -1.68. The number of hydrogen-bond acceptors (Lipinski definition) is 7. The lowest BCUT2D eigenvalue weighted by Crippen LogP contribution is -2.53. The van der Waals surface area contributed by atoms with Crippen LogP contribution in [0.2, 0.25) is 0 Å². The Morgan fingerprint density at radius 1 is 0.968 bits per heavy atom. The summed E-state index contributed by atoms with van der Waals surface area (Å²) in [5.74, 6) is -4.74. The van der Waals surface area contributed by atoms with Gasteiger partial charge in [-0.25, -0.2) is 4.79 Å². The molecule has 0 aromatic heterocycles. The highest BCUT2D eigenvalue weighted by molar-refractivity contribution is 5.92. The van der Waals surface area contributed by atoms with Crippen LogP contribution in [0, 0.1) is 0 Å². The van der Waals surface area contributed by atoms with Crippen LogP contribution in [0.3, 0.4) is 0 Å². The molecule has 3 unspecified atom stereocenters. The van der Waals surface area contributed by atoms with Gasteiger partial charge in [0.2, 0.25) is 17.7 Å². The van der Waals surface area contributed by atoms with E-state index in [1.807, 2.05) is 0 Å². The molecule has 0 bridgehead atoms. The first-order valence-electron chi connectivity index (χ1n) is 9.35. The van der Waals surface area contributed by atoms with Crippen LogP contribution in [0.25, 0.3) is 0 Å². The molecule has 0 aliphatic heterocycles. The second kappa shape index (κ2) is 12.1. The number of carboxylic acid groups (broad SMARTS) is 2. The molecule has 0 heterocycles. The Balaban J connectivity index is 2.66. The van der Waals surface area contributed by atoms with Gasteiger partial charge in [-0.2, -0.15) is 0 Å². The Hall–Kier alpha value is -3.67. The van der Waals surface area contributed by atoms with Gasteiger partial charge >= 0.3 is 11.9 Å². The normalized spacial score (nSPS) is 13.4. The maximum atomic E-state index is 12.3. The third kappa shape index (κ3) is 9.58. The van der Waals surface area contributed by atoms with Crippen molar-refractivity contribution in [3.63, 3.8) is 0 Å². The summed E-state index contributed by atoms with van der Waals surface area (Å²) in [7, 11) is 0. The molecule has 12 nitrogen and oxygen atoms in total. The Labute approximate surface area is 177 Å². The molecule has 3 amide bonds. The van der Waals surface area contributed by atoms with Crippen LogP contribution in [-0.2, 0) is 30.4 Å². The quantitative estimate of drug-likeness (QED) is 0.198. The number of nitrogens with one attached hydrogen (secondary N) is 3. The van der Waals surface area contributed by atoms with Crippen LogP contribution in [0.15, 0.2) is 24.3 Å². The topological polar surface area (TPSA) is 208 Å². The average molecular weight is 438 g/mol. The van der Waals surface area contributed by atoms with E-state index < -0.39 is 60.8 Å². The molecule has 0 fully saturated rings. The zero-order chi connectivity index (χ0) is 23.6. The second-order valence-electron chi connectivity index (χ2n) is 6.83. The molecule has 0 saturated carbocycles. The molecule has 0 aliphatic carbocycles. The number of carbonyl (C=O) groups is 5. The van der Waals surface area contributed by atoms with Crippen LogP contribution >= 0.6 is 0 Å². The van der Waals surface area contributed by atoms with Crippen molar-refractivity contribution in [3.05, 3.63) is 29.8 Å². The largest absolute Gasteiger partial charge is 0.508 e. The second-order valence-corrected chi connectivity index (χ2v) is 6.83. The lowest BCUT2D eigenvalue weighted by molar-refractivity contribution is -0.141. The highest BCUT2D eigenvalue weighted by Crippen LogP contribution is 2.11. The molecule has 12 heteroatoms. The van der Waals surface area contributed by atoms with E-state index in [2.05, 4.69) is 16.0 Å². The van der Waals surface area contributed by atoms with Crippen LogP contribution in [-0.4, -0.2) is 69.7 Å². The molecule has 1 aromatic carbocycles. The first kappa shape index (κ1) is 25.4. The number of aromatic hydroxyl groups is 1. The van der Waals surface area contributed by atoms with Gasteiger partial charge in [0.05, 0.1) is 12.6 Å². The first-order chi connectivity index (χ1) is 14.5. The minimum atomic E-state index is -1.30. The number of amides is 3. The fraction of sp³-hybridized carbons (Fsp3) is 0.421. The molecule has 0 aliphatic rings. The molecule has 0 spiro atoms. The van der Waals surface area contributed by atoms with Gasteiger partial charge in [-0.1, -0.05) is 12.1 Å². The van der Waals surface area contributed by atoms with Crippen molar-refractivity contribution in [1.82, 2.24) is 16.0 Å². The lowest BCUT2D eigenvalue weighted by atomic mass is 10.1. The minimum absolute atomic E-state index is 0.0101. The maximum Gasteiger partial charge on any atom is 0.326 e. The third-order valence-electron chi connectivity index (χ3n) is 4.13. The first-order valence-corrected chi connectivity index (χ1v) is 9.35. The summed E-state index contributed by atoms with van der Waals surface area (Å²) in [5.41, 5.74) is 5.98. The van der Waals surface area contributed by atoms with Crippen molar-refractivity contribution in [3.8, 4) is 5.75 Å².